The summed E-state index contributed by atoms with van der Waals surface area (Å²) in [6, 6.07) is 6.00. The molecule has 0 atom stereocenters. The van der Waals surface area contributed by atoms with Gasteiger partial charge in [0.25, 0.3) is 0 Å². The summed E-state index contributed by atoms with van der Waals surface area (Å²) in [5, 5.41) is 14.5. The van der Waals surface area contributed by atoms with Gasteiger partial charge in [-0.1, -0.05) is 6.07 Å². The Morgan fingerprint density at radius 3 is 2.14 bits per heavy atom. The van der Waals surface area contributed by atoms with Gasteiger partial charge in [-0.15, -0.1) is 0 Å². The Kier molecular flexibility index (Phi) is 6.92. The molecule has 0 bridgehead atoms. The van der Waals surface area contributed by atoms with E-state index in [2.05, 4.69) is 18.1 Å². The molecule has 2 rings (SSSR count). The van der Waals surface area contributed by atoms with Crippen molar-refractivity contribution in [3.8, 4) is 5.75 Å². The van der Waals surface area contributed by atoms with E-state index in [1.54, 1.807) is 6.21 Å². The quantitative estimate of drug-likeness (QED) is 0.503. The Bertz CT molecular complexity index is 657. The van der Waals surface area contributed by atoms with Crippen LogP contribution < -0.4 is 0 Å². The summed E-state index contributed by atoms with van der Waals surface area (Å²) >= 11 is 0. The maximum Gasteiger partial charge on any atom is 0.127 e. The zero-order valence-electron chi connectivity index (χ0n) is 13.5. The topological polar surface area (TPSA) is 37.5 Å². The van der Waals surface area contributed by atoms with Crippen molar-refractivity contribution in [1.82, 2.24) is 4.68 Å². The molecule has 0 spiro atoms. The fourth-order valence-corrected chi connectivity index (χ4v) is 2.30. The summed E-state index contributed by atoms with van der Waals surface area (Å²) in [4.78, 5) is 0. The van der Waals surface area contributed by atoms with Gasteiger partial charge in [-0.25, -0.2) is 4.68 Å². The molecular weight excluding hydrogens is 307 g/mol. The minimum Gasteiger partial charge on any atom is -0.507 e. The van der Waals surface area contributed by atoms with Gasteiger partial charge in [0.15, 0.2) is 0 Å². The normalized spacial score (nSPS) is 10.3. The van der Waals surface area contributed by atoms with E-state index >= 15 is 0 Å². The van der Waals surface area contributed by atoms with Crippen molar-refractivity contribution in [3.63, 3.8) is 0 Å². The van der Waals surface area contributed by atoms with E-state index in [0.29, 0.717) is 5.75 Å². The molecule has 21 heavy (non-hydrogen) atoms. The van der Waals surface area contributed by atoms with E-state index in [-0.39, 0.29) is 23.9 Å². The standard InChI is InChI=1S/C16H20N2O.CH3.Ni/c1-10-6-12(3)16(19)15(7-10)9-17-18-13(4)8-11(2)14(18)5;;/h6-9,19H,1-5H3;1H3;/q;-1;/b17-9+;;. The number of nitrogens with zero attached hydrogens (tertiary/aromatic N) is 2. The molecule has 1 N–H and O–H groups in total. The smallest absolute Gasteiger partial charge is 0.127 e. The zero-order chi connectivity index (χ0) is 14.2. The second-order valence-corrected chi connectivity index (χ2v) is 5.13. The van der Waals surface area contributed by atoms with Crippen LogP contribution in [0.5, 0.6) is 5.75 Å². The molecule has 0 aliphatic carbocycles. The number of aromatic nitrogens is 1. The van der Waals surface area contributed by atoms with Crippen molar-refractivity contribution in [2.75, 3.05) is 0 Å². The van der Waals surface area contributed by atoms with Crippen LogP contribution >= 0.6 is 0 Å². The number of phenolic OH excluding ortho intramolecular Hbond substituents is 1. The van der Waals surface area contributed by atoms with Crippen LogP contribution in [-0.2, 0) is 16.5 Å². The van der Waals surface area contributed by atoms with Crippen molar-refractivity contribution in [1.29, 1.82) is 0 Å². The minimum absolute atomic E-state index is 0. The third-order valence-corrected chi connectivity index (χ3v) is 3.43. The molecule has 1 aromatic heterocycles. The molecule has 3 nitrogen and oxygen atoms in total. The molecule has 0 fully saturated rings. The second kappa shape index (κ2) is 7.47. The average Bonchev–Trinajstić information content (AvgIpc) is 2.57. The second-order valence-electron chi connectivity index (χ2n) is 5.13. The van der Waals surface area contributed by atoms with E-state index in [1.807, 2.05) is 44.5 Å². The number of benzene rings is 1. The van der Waals surface area contributed by atoms with Crippen molar-refractivity contribution < 1.29 is 21.6 Å². The third kappa shape index (κ3) is 3.98. The maximum atomic E-state index is 10.0. The average molecular weight is 330 g/mol. The molecule has 0 unspecified atom stereocenters. The number of hydrogen-bond donors (Lipinski definition) is 1. The molecule has 2 aromatic rings. The summed E-state index contributed by atoms with van der Waals surface area (Å²) in [6.45, 7) is 10.1. The van der Waals surface area contributed by atoms with Gasteiger partial charge in [-0.05, 0) is 63.4 Å². The van der Waals surface area contributed by atoms with Gasteiger partial charge in [-0.3, -0.25) is 0 Å². The summed E-state index contributed by atoms with van der Waals surface area (Å²) in [5.41, 5.74) is 6.18. The van der Waals surface area contributed by atoms with Gasteiger partial charge in [0, 0.05) is 33.4 Å². The molecular formula is C17H23N2NiO-. The van der Waals surface area contributed by atoms with Crippen molar-refractivity contribution in [2.24, 2.45) is 5.10 Å². The first-order valence-electron chi connectivity index (χ1n) is 6.40. The third-order valence-electron chi connectivity index (χ3n) is 3.43. The Balaban J connectivity index is 0.00000200. The summed E-state index contributed by atoms with van der Waals surface area (Å²) in [5.74, 6) is 0.300. The van der Waals surface area contributed by atoms with Gasteiger partial charge < -0.3 is 12.5 Å². The predicted molar refractivity (Wildman–Crippen MR) is 85.6 cm³/mol. The fourth-order valence-electron chi connectivity index (χ4n) is 2.30. The molecule has 0 radical (unpaired) electrons. The van der Waals surface area contributed by atoms with E-state index in [9.17, 15) is 5.11 Å². The van der Waals surface area contributed by atoms with Gasteiger partial charge in [0.05, 0.1) is 6.21 Å². The molecule has 0 aliphatic heterocycles. The largest absolute Gasteiger partial charge is 0.507 e. The van der Waals surface area contributed by atoms with E-state index < -0.39 is 0 Å². The first-order valence-corrected chi connectivity index (χ1v) is 6.40. The van der Waals surface area contributed by atoms with Crippen LogP contribution in [0, 0.1) is 42.0 Å². The van der Waals surface area contributed by atoms with E-state index in [1.165, 1.54) is 5.56 Å². The van der Waals surface area contributed by atoms with Gasteiger partial charge in [0.2, 0.25) is 0 Å². The summed E-state index contributed by atoms with van der Waals surface area (Å²) in [7, 11) is 0. The zero-order valence-corrected chi connectivity index (χ0v) is 14.5. The van der Waals surface area contributed by atoms with Crippen LogP contribution in [0.25, 0.3) is 0 Å². The number of hydrogen-bond acceptors (Lipinski definition) is 2. The maximum absolute atomic E-state index is 10.0. The van der Waals surface area contributed by atoms with Crippen LogP contribution in [0.4, 0.5) is 0 Å². The Labute approximate surface area is 137 Å². The number of aromatic hydroxyl groups is 1. The first-order chi connectivity index (χ1) is 8.90. The Morgan fingerprint density at radius 1 is 1.00 bits per heavy atom. The molecule has 0 saturated heterocycles. The molecule has 0 saturated carbocycles. The Morgan fingerprint density at radius 2 is 1.62 bits per heavy atom. The molecule has 1 heterocycles. The van der Waals surface area contributed by atoms with Gasteiger partial charge in [-0.2, -0.15) is 5.10 Å². The van der Waals surface area contributed by atoms with Crippen molar-refractivity contribution >= 4 is 6.21 Å². The van der Waals surface area contributed by atoms with Crippen LogP contribution in [0.1, 0.15) is 33.6 Å². The van der Waals surface area contributed by atoms with E-state index in [0.717, 1.165) is 28.1 Å². The number of phenols is 1. The van der Waals surface area contributed by atoms with Crippen LogP contribution in [0.15, 0.2) is 23.3 Å². The molecule has 4 heteroatoms. The minimum atomic E-state index is 0. The molecule has 118 valence electrons. The van der Waals surface area contributed by atoms with Gasteiger partial charge in [0.1, 0.15) is 5.75 Å². The summed E-state index contributed by atoms with van der Waals surface area (Å²) < 4.78 is 1.90. The van der Waals surface area contributed by atoms with Crippen molar-refractivity contribution in [3.05, 3.63) is 59.3 Å². The van der Waals surface area contributed by atoms with Crippen LogP contribution in [-0.4, -0.2) is 16.0 Å². The monoisotopic (exact) mass is 329 g/mol. The number of aryl methyl sites for hydroxylation is 4. The molecule has 1 aromatic carbocycles. The van der Waals surface area contributed by atoms with Crippen LogP contribution in [0.2, 0.25) is 0 Å². The number of rotatable bonds is 2. The van der Waals surface area contributed by atoms with E-state index in [4.69, 9.17) is 0 Å². The molecule has 0 aliphatic rings. The van der Waals surface area contributed by atoms with Gasteiger partial charge >= 0.3 is 0 Å². The predicted octanol–water partition coefficient (Wildman–Crippen LogP) is 4.07. The SMILES string of the molecule is Cc1cc(C)c(O)c(/C=N/n2c(C)cc(C)c2C)c1.[CH3-].[Ni]. The first kappa shape index (κ1) is 19.5. The molecule has 0 amide bonds. The fraction of sp³-hybridized carbons (Fsp3) is 0.294. The van der Waals surface area contributed by atoms with Crippen LogP contribution in [0.3, 0.4) is 0 Å². The van der Waals surface area contributed by atoms with Crippen molar-refractivity contribution in [2.45, 2.75) is 34.6 Å². The Hall–Kier alpha value is -1.54. The summed E-state index contributed by atoms with van der Waals surface area (Å²) in [6.07, 6.45) is 1.72.